The monoisotopic (exact) mass is 358 g/mol. The van der Waals surface area contributed by atoms with Gasteiger partial charge in [-0.15, -0.1) is 22.7 Å². The Balaban J connectivity index is 2.10. The van der Waals surface area contributed by atoms with Crippen LogP contribution in [0, 0.1) is 0 Å². The minimum absolute atomic E-state index is 0.143. The molecule has 2 heterocycles. The Morgan fingerprint density at radius 3 is 1.95 bits per heavy atom. The molecule has 0 aliphatic heterocycles. The molecule has 0 aliphatic carbocycles. The van der Waals surface area contributed by atoms with Crippen LogP contribution in [-0.4, -0.2) is 43.4 Å². The maximum atomic E-state index is 12.5. The van der Waals surface area contributed by atoms with Crippen LogP contribution in [0.2, 0.25) is 0 Å². The summed E-state index contributed by atoms with van der Waals surface area (Å²) in [7, 11) is -1.95. The molecule has 0 unspecified atom stereocenters. The Hall–Kier alpha value is -1.22. The van der Waals surface area contributed by atoms with E-state index in [1.54, 1.807) is 27.6 Å². The Kier molecular flexibility index (Phi) is 5.74. The smallest absolute Gasteiger partial charge is 0.238 e. The molecule has 2 rings (SSSR count). The topological polar surface area (TPSA) is 57.7 Å². The van der Waals surface area contributed by atoms with Crippen molar-refractivity contribution < 1.29 is 13.2 Å². The van der Waals surface area contributed by atoms with E-state index in [2.05, 4.69) is 0 Å². The number of hydrogen-bond acceptors (Lipinski definition) is 5. The van der Waals surface area contributed by atoms with Crippen molar-refractivity contribution in [3.05, 3.63) is 44.8 Å². The molecule has 2 aromatic rings. The molecular weight excluding hydrogens is 340 g/mol. The average Bonchev–Trinajstić information content (AvgIpc) is 3.09. The molecule has 0 bridgehead atoms. The number of nitrogens with zero attached hydrogens (tertiary/aromatic N) is 2. The molecule has 2 aromatic heterocycles. The van der Waals surface area contributed by atoms with Crippen LogP contribution in [0.3, 0.4) is 0 Å². The van der Waals surface area contributed by atoms with Gasteiger partial charge in [0.1, 0.15) is 0 Å². The lowest BCUT2D eigenvalue weighted by Gasteiger charge is -2.24. The van der Waals surface area contributed by atoms with E-state index in [1.165, 1.54) is 7.05 Å². The summed E-state index contributed by atoms with van der Waals surface area (Å²) >= 11 is 3.17. The van der Waals surface area contributed by atoms with Crippen LogP contribution in [0.4, 0.5) is 0 Å². The lowest BCUT2D eigenvalue weighted by molar-refractivity contribution is -0.132. The van der Waals surface area contributed by atoms with E-state index in [9.17, 15) is 13.2 Å². The summed E-state index contributed by atoms with van der Waals surface area (Å²) in [6, 6.07) is 7.83. The highest BCUT2D eigenvalue weighted by Crippen LogP contribution is 2.17. The molecule has 5 nitrogen and oxygen atoms in total. The first-order chi connectivity index (χ1) is 10.4. The van der Waals surface area contributed by atoms with Crippen molar-refractivity contribution in [2.24, 2.45) is 0 Å². The molecule has 0 fully saturated rings. The van der Waals surface area contributed by atoms with Gasteiger partial charge in [-0.3, -0.25) is 4.79 Å². The van der Waals surface area contributed by atoms with Gasteiger partial charge in [-0.2, -0.15) is 4.31 Å². The zero-order valence-corrected chi connectivity index (χ0v) is 14.9. The van der Waals surface area contributed by atoms with Crippen molar-refractivity contribution in [1.82, 2.24) is 9.21 Å². The third kappa shape index (κ3) is 4.91. The second kappa shape index (κ2) is 7.36. The van der Waals surface area contributed by atoms with Crippen molar-refractivity contribution in [2.45, 2.75) is 13.1 Å². The van der Waals surface area contributed by atoms with E-state index in [4.69, 9.17) is 0 Å². The fraction of sp³-hybridized carbons (Fsp3) is 0.357. The largest absolute Gasteiger partial charge is 0.331 e. The first-order valence-electron chi connectivity index (χ1n) is 6.60. The summed E-state index contributed by atoms with van der Waals surface area (Å²) in [5, 5.41) is 3.93. The summed E-state index contributed by atoms with van der Waals surface area (Å²) < 4.78 is 24.0. The minimum Gasteiger partial charge on any atom is -0.331 e. The minimum atomic E-state index is -3.36. The molecule has 8 heteroatoms. The van der Waals surface area contributed by atoms with Crippen LogP contribution < -0.4 is 0 Å². The fourth-order valence-corrected chi connectivity index (χ4v) is 3.61. The summed E-state index contributed by atoms with van der Waals surface area (Å²) in [5.74, 6) is -0.199. The van der Waals surface area contributed by atoms with Crippen molar-refractivity contribution in [3.63, 3.8) is 0 Å². The summed E-state index contributed by atoms with van der Waals surface area (Å²) in [6.07, 6.45) is 1.10. The molecule has 0 atom stereocenters. The highest BCUT2D eigenvalue weighted by Gasteiger charge is 2.21. The second-order valence-electron chi connectivity index (χ2n) is 4.93. The molecule has 22 heavy (non-hydrogen) atoms. The number of carbonyl (C=O) groups excluding carboxylic acids is 1. The summed E-state index contributed by atoms with van der Waals surface area (Å²) in [4.78, 5) is 16.3. The van der Waals surface area contributed by atoms with Crippen LogP contribution in [0.5, 0.6) is 0 Å². The van der Waals surface area contributed by atoms with Gasteiger partial charge in [0, 0.05) is 16.8 Å². The molecule has 0 N–H and O–H groups in total. The second-order valence-corrected chi connectivity index (χ2v) is 9.08. The number of thiophene rings is 2. The van der Waals surface area contributed by atoms with Crippen LogP contribution in [0.1, 0.15) is 9.75 Å². The zero-order chi connectivity index (χ0) is 16.2. The Morgan fingerprint density at radius 1 is 1.09 bits per heavy atom. The zero-order valence-electron chi connectivity index (χ0n) is 12.4. The molecule has 1 amide bonds. The van der Waals surface area contributed by atoms with E-state index in [0.29, 0.717) is 13.1 Å². The van der Waals surface area contributed by atoms with Crippen molar-refractivity contribution in [2.75, 3.05) is 19.8 Å². The molecule has 0 radical (unpaired) electrons. The van der Waals surface area contributed by atoms with E-state index < -0.39 is 10.0 Å². The van der Waals surface area contributed by atoms with Crippen LogP contribution in [0.25, 0.3) is 0 Å². The SMILES string of the molecule is CN(CC(=O)N(Cc1cccs1)Cc1cccs1)S(C)(=O)=O. The van der Waals surface area contributed by atoms with E-state index in [1.807, 2.05) is 35.0 Å². The maximum absolute atomic E-state index is 12.5. The van der Waals surface area contributed by atoms with Gasteiger partial charge in [0.2, 0.25) is 15.9 Å². The average molecular weight is 359 g/mol. The lowest BCUT2D eigenvalue weighted by Crippen LogP contribution is -2.40. The van der Waals surface area contributed by atoms with Gasteiger partial charge < -0.3 is 4.90 Å². The predicted molar refractivity (Wildman–Crippen MR) is 90.4 cm³/mol. The Bertz CT molecular complexity index is 658. The highest BCUT2D eigenvalue weighted by atomic mass is 32.2. The highest BCUT2D eigenvalue weighted by molar-refractivity contribution is 7.88. The molecule has 0 saturated heterocycles. The number of hydrogen-bond donors (Lipinski definition) is 0. The predicted octanol–water partition coefficient (Wildman–Crippen LogP) is 2.23. The van der Waals surface area contributed by atoms with Crippen molar-refractivity contribution in [3.8, 4) is 0 Å². The van der Waals surface area contributed by atoms with Crippen LogP contribution in [-0.2, 0) is 27.9 Å². The van der Waals surface area contributed by atoms with Crippen molar-refractivity contribution in [1.29, 1.82) is 0 Å². The van der Waals surface area contributed by atoms with Gasteiger partial charge in [0.05, 0.1) is 25.9 Å². The Labute approximate surface area is 138 Å². The normalized spacial score (nSPS) is 11.8. The fourth-order valence-electron chi connectivity index (χ4n) is 1.82. The van der Waals surface area contributed by atoms with Gasteiger partial charge in [-0.05, 0) is 22.9 Å². The Morgan fingerprint density at radius 2 is 1.59 bits per heavy atom. The molecule has 0 aromatic carbocycles. The number of carbonyl (C=O) groups is 1. The van der Waals surface area contributed by atoms with E-state index in [-0.39, 0.29) is 12.5 Å². The third-order valence-corrected chi connectivity index (χ3v) is 6.11. The number of amides is 1. The standard InChI is InChI=1S/C14H18N2O3S3/c1-15(22(2,18)19)11-14(17)16(9-12-5-3-7-20-12)10-13-6-4-8-21-13/h3-8H,9-11H2,1-2H3. The number of sulfonamides is 1. The maximum Gasteiger partial charge on any atom is 0.238 e. The molecule has 0 saturated carbocycles. The third-order valence-electron chi connectivity index (χ3n) is 3.13. The molecule has 120 valence electrons. The lowest BCUT2D eigenvalue weighted by atomic mass is 10.3. The molecule has 0 aliphatic rings. The summed E-state index contributed by atoms with van der Waals surface area (Å²) in [6.45, 7) is 0.841. The van der Waals surface area contributed by atoms with Crippen LogP contribution >= 0.6 is 22.7 Å². The van der Waals surface area contributed by atoms with E-state index >= 15 is 0 Å². The summed E-state index contributed by atoms with van der Waals surface area (Å²) in [5.41, 5.74) is 0. The molecular formula is C14H18N2O3S3. The number of likely N-dealkylation sites (N-methyl/N-ethyl adjacent to an activating group) is 1. The molecule has 0 spiro atoms. The van der Waals surface area contributed by atoms with Gasteiger partial charge in [0.25, 0.3) is 0 Å². The first-order valence-corrected chi connectivity index (χ1v) is 10.2. The van der Waals surface area contributed by atoms with Gasteiger partial charge in [-0.1, -0.05) is 12.1 Å². The van der Waals surface area contributed by atoms with Gasteiger partial charge in [-0.25, -0.2) is 8.42 Å². The first kappa shape index (κ1) is 17.1. The quantitative estimate of drug-likeness (QED) is 0.763. The van der Waals surface area contributed by atoms with E-state index in [0.717, 1.165) is 20.3 Å². The number of rotatable bonds is 7. The van der Waals surface area contributed by atoms with Crippen molar-refractivity contribution >= 4 is 38.6 Å². The van der Waals surface area contributed by atoms with Crippen LogP contribution in [0.15, 0.2) is 35.0 Å². The van der Waals surface area contributed by atoms with Gasteiger partial charge in [0.15, 0.2) is 0 Å². The van der Waals surface area contributed by atoms with Gasteiger partial charge >= 0.3 is 0 Å².